The van der Waals surface area contributed by atoms with E-state index in [1.807, 2.05) is 54.6 Å². The molecule has 2 N–H and O–H groups in total. The van der Waals surface area contributed by atoms with Gasteiger partial charge in [0.05, 0.1) is 10.2 Å². The second-order valence-corrected chi connectivity index (χ2v) is 6.46. The van der Waals surface area contributed by atoms with Crippen LogP contribution in [0, 0.1) is 0 Å². The van der Waals surface area contributed by atoms with Crippen LogP contribution in [0.15, 0.2) is 48.5 Å². The summed E-state index contributed by atoms with van der Waals surface area (Å²) in [5.74, 6) is -0.760. The average molecular weight is 338 g/mol. The molecule has 0 amide bonds. The molecule has 0 aliphatic heterocycles. The molecule has 5 heteroatoms. The molecule has 3 aromatic rings. The van der Waals surface area contributed by atoms with Crippen LogP contribution in [0.1, 0.15) is 23.4 Å². The highest BCUT2D eigenvalue weighted by molar-refractivity contribution is 7.19. The third kappa shape index (κ3) is 4.43. The minimum absolute atomic E-state index is 0.185. The van der Waals surface area contributed by atoms with E-state index in [0.717, 1.165) is 21.8 Å². The highest BCUT2D eigenvalue weighted by Crippen LogP contribution is 2.23. The van der Waals surface area contributed by atoms with Crippen molar-refractivity contribution in [2.24, 2.45) is 0 Å². The number of benzene rings is 2. The fourth-order valence-corrected chi connectivity index (χ4v) is 3.22. The molecule has 4 nitrogen and oxygen atoms in total. The zero-order chi connectivity index (χ0) is 16.8. The summed E-state index contributed by atoms with van der Waals surface area (Å²) in [6, 6.07) is 16.2. The highest BCUT2D eigenvalue weighted by atomic mass is 32.1. The lowest BCUT2D eigenvalue weighted by Gasteiger charge is -2.06. The molecule has 0 unspecified atom stereocenters. The molecule has 0 bridgehead atoms. The number of nitrogens with zero attached hydrogens (tertiary/aromatic N) is 1. The summed E-state index contributed by atoms with van der Waals surface area (Å²) in [7, 11) is 0. The Bertz CT molecular complexity index is 837. The maximum absolute atomic E-state index is 10.5. The molecule has 3 rings (SSSR count). The molecule has 0 aliphatic carbocycles. The van der Waals surface area contributed by atoms with Crippen molar-refractivity contribution in [3.8, 4) is 0 Å². The number of thiazole rings is 1. The number of carbonyl (C=O) groups is 1. The zero-order valence-corrected chi connectivity index (χ0v) is 13.9. The van der Waals surface area contributed by atoms with Gasteiger partial charge in [-0.25, -0.2) is 4.98 Å². The minimum Gasteiger partial charge on any atom is -0.481 e. The van der Waals surface area contributed by atoms with E-state index in [2.05, 4.69) is 16.4 Å². The van der Waals surface area contributed by atoms with Gasteiger partial charge in [0.1, 0.15) is 5.01 Å². The summed E-state index contributed by atoms with van der Waals surface area (Å²) in [4.78, 5) is 15.1. The predicted octanol–water partition coefficient (Wildman–Crippen LogP) is 4.74. The SMILES string of the molecule is O=C(O)CCCNc1cccc(/C=C/c2nc3ccccc3s2)c1. The first kappa shape index (κ1) is 16.2. The molecule has 0 fully saturated rings. The van der Waals surface area contributed by atoms with Crippen molar-refractivity contribution in [3.05, 3.63) is 59.1 Å². The molecule has 122 valence electrons. The van der Waals surface area contributed by atoms with Gasteiger partial charge in [-0.3, -0.25) is 4.79 Å². The predicted molar refractivity (Wildman–Crippen MR) is 100 cm³/mol. The molecule has 24 heavy (non-hydrogen) atoms. The Kier molecular flexibility index (Phi) is 5.23. The number of aliphatic carboxylic acids is 1. The van der Waals surface area contributed by atoms with Crippen molar-refractivity contribution in [1.29, 1.82) is 0 Å². The number of hydrogen-bond donors (Lipinski definition) is 2. The first-order valence-electron chi connectivity index (χ1n) is 7.80. The van der Waals surface area contributed by atoms with Gasteiger partial charge in [0.2, 0.25) is 0 Å². The molecule has 0 saturated heterocycles. The van der Waals surface area contributed by atoms with Crippen LogP contribution in [0.2, 0.25) is 0 Å². The van der Waals surface area contributed by atoms with Crippen molar-refractivity contribution in [3.63, 3.8) is 0 Å². The van der Waals surface area contributed by atoms with E-state index in [1.165, 1.54) is 4.70 Å². The normalized spacial score (nSPS) is 11.2. The maximum Gasteiger partial charge on any atom is 0.303 e. The van der Waals surface area contributed by atoms with E-state index in [-0.39, 0.29) is 6.42 Å². The van der Waals surface area contributed by atoms with Gasteiger partial charge in [-0.2, -0.15) is 0 Å². The van der Waals surface area contributed by atoms with Gasteiger partial charge < -0.3 is 10.4 Å². The molecule has 0 radical (unpaired) electrons. The zero-order valence-electron chi connectivity index (χ0n) is 13.1. The van der Waals surface area contributed by atoms with Gasteiger partial charge in [-0.1, -0.05) is 30.3 Å². The van der Waals surface area contributed by atoms with Crippen LogP contribution in [-0.2, 0) is 4.79 Å². The molecular weight excluding hydrogens is 320 g/mol. The molecular formula is C19H18N2O2S. The number of hydrogen-bond acceptors (Lipinski definition) is 4. The second kappa shape index (κ2) is 7.75. The molecule has 1 heterocycles. The maximum atomic E-state index is 10.5. The summed E-state index contributed by atoms with van der Waals surface area (Å²) >= 11 is 1.67. The summed E-state index contributed by atoms with van der Waals surface area (Å²) in [5.41, 5.74) is 3.10. The largest absolute Gasteiger partial charge is 0.481 e. The summed E-state index contributed by atoms with van der Waals surface area (Å²) in [6.45, 7) is 0.650. The topological polar surface area (TPSA) is 62.2 Å². The van der Waals surface area contributed by atoms with E-state index in [0.29, 0.717) is 13.0 Å². The van der Waals surface area contributed by atoms with E-state index >= 15 is 0 Å². The van der Waals surface area contributed by atoms with Crippen molar-refractivity contribution in [2.45, 2.75) is 12.8 Å². The smallest absolute Gasteiger partial charge is 0.303 e. The van der Waals surface area contributed by atoms with E-state index in [4.69, 9.17) is 5.11 Å². The van der Waals surface area contributed by atoms with Crippen LogP contribution in [0.25, 0.3) is 22.4 Å². The first-order valence-corrected chi connectivity index (χ1v) is 8.62. The third-order valence-corrected chi connectivity index (χ3v) is 4.51. The fourth-order valence-electron chi connectivity index (χ4n) is 2.35. The number of para-hydroxylation sites is 1. The van der Waals surface area contributed by atoms with Crippen LogP contribution < -0.4 is 5.32 Å². The third-order valence-electron chi connectivity index (χ3n) is 3.51. The average Bonchev–Trinajstić information content (AvgIpc) is 3.00. The lowest BCUT2D eigenvalue weighted by molar-refractivity contribution is -0.137. The van der Waals surface area contributed by atoms with Crippen LogP contribution in [-0.4, -0.2) is 22.6 Å². The van der Waals surface area contributed by atoms with E-state index in [9.17, 15) is 4.79 Å². The number of fused-ring (bicyclic) bond motifs is 1. The van der Waals surface area contributed by atoms with Gasteiger partial charge >= 0.3 is 5.97 Å². The van der Waals surface area contributed by atoms with Gasteiger partial charge in [0.25, 0.3) is 0 Å². The fraction of sp³-hybridized carbons (Fsp3) is 0.158. The van der Waals surface area contributed by atoms with Crippen LogP contribution in [0.3, 0.4) is 0 Å². The number of rotatable bonds is 7. The molecule has 0 atom stereocenters. The molecule has 0 saturated carbocycles. The van der Waals surface area contributed by atoms with Gasteiger partial charge in [-0.15, -0.1) is 11.3 Å². The van der Waals surface area contributed by atoms with Crippen molar-refractivity contribution < 1.29 is 9.90 Å². The number of anilines is 1. The second-order valence-electron chi connectivity index (χ2n) is 5.40. The number of nitrogens with one attached hydrogen (secondary N) is 1. The lowest BCUT2D eigenvalue weighted by atomic mass is 10.2. The summed E-state index contributed by atoms with van der Waals surface area (Å²) < 4.78 is 1.19. The standard InChI is InChI=1S/C19H18N2O2S/c22-19(23)9-4-12-20-15-6-3-5-14(13-15)10-11-18-21-16-7-1-2-8-17(16)24-18/h1-3,5-8,10-11,13,20H,4,9,12H2,(H,22,23)/b11-10+. The summed E-state index contributed by atoms with van der Waals surface area (Å²) in [5, 5.41) is 12.9. The van der Waals surface area contributed by atoms with Gasteiger partial charge in [0, 0.05) is 18.7 Å². The highest BCUT2D eigenvalue weighted by Gasteiger charge is 2.00. The quantitative estimate of drug-likeness (QED) is 0.611. The Morgan fingerprint density at radius 2 is 2.04 bits per heavy atom. The molecule has 0 aliphatic rings. The Morgan fingerprint density at radius 3 is 2.88 bits per heavy atom. The van der Waals surface area contributed by atoms with Crippen LogP contribution in [0.4, 0.5) is 5.69 Å². The minimum atomic E-state index is -0.760. The van der Waals surface area contributed by atoms with Crippen molar-refractivity contribution in [1.82, 2.24) is 4.98 Å². The Hall–Kier alpha value is -2.66. The van der Waals surface area contributed by atoms with Crippen molar-refractivity contribution >= 4 is 45.4 Å². The van der Waals surface area contributed by atoms with Crippen molar-refractivity contribution in [2.75, 3.05) is 11.9 Å². The molecule has 1 aromatic heterocycles. The molecule has 2 aromatic carbocycles. The van der Waals surface area contributed by atoms with Crippen LogP contribution in [0.5, 0.6) is 0 Å². The van der Waals surface area contributed by atoms with Crippen LogP contribution >= 0.6 is 11.3 Å². The lowest BCUT2D eigenvalue weighted by Crippen LogP contribution is -2.04. The van der Waals surface area contributed by atoms with E-state index < -0.39 is 5.97 Å². The number of carboxylic acid groups (broad SMARTS) is 1. The number of carboxylic acids is 1. The first-order chi connectivity index (χ1) is 11.7. The number of aromatic nitrogens is 1. The summed E-state index contributed by atoms with van der Waals surface area (Å²) in [6.07, 6.45) is 4.86. The van der Waals surface area contributed by atoms with E-state index in [1.54, 1.807) is 11.3 Å². The Morgan fingerprint density at radius 1 is 1.17 bits per heavy atom. The monoisotopic (exact) mass is 338 g/mol. The Balaban J connectivity index is 1.64. The molecule has 0 spiro atoms. The van der Waals surface area contributed by atoms with Gasteiger partial charge in [0.15, 0.2) is 0 Å². The Labute approximate surface area is 144 Å². The van der Waals surface area contributed by atoms with Gasteiger partial charge in [-0.05, 0) is 42.3 Å².